The van der Waals surface area contributed by atoms with Crippen LogP contribution in [0.3, 0.4) is 0 Å². The van der Waals surface area contributed by atoms with E-state index in [4.69, 9.17) is 4.55 Å². The summed E-state index contributed by atoms with van der Waals surface area (Å²) in [5.41, 5.74) is 0. The molecule has 12 heavy (non-hydrogen) atoms. The maximum Gasteiger partial charge on any atom is 0.298 e. The Morgan fingerprint density at radius 2 is 2.33 bits per heavy atom. The second-order valence-electron chi connectivity index (χ2n) is 2.04. The topological polar surface area (TPSA) is 87.0 Å². The molecule has 6 nitrogen and oxygen atoms in total. The minimum atomic E-state index is -4.25. The predicted octanol–water partition coefficient (Wildman–Crippen LogP) is -0.304. The lowest BCUT2D eigenvalue weighted by Crippen LogP contribution is -2.30. The molecule has 1 unspecified atom stereocenters. The van der Waals surface area contributed by atoms with Crippen LogP contribution in [0.5, 0.6) is 0 Å². The van der Waals surface area contributed by atoms with Gasteiger partial charge in [0, 0.05) is 0 Å². The van der Waals surface area contributed by atoms with E-state index < -0.39 is 14.8 Å². The molecule has 0 fully saturated rings. The first kappa shape index (κ1) is 9.49. The van der Waals surface area contributed by atoms with Gasteiger partial charge in [0.25, 0.3) is 10.1 Å². The Morgan fingerprint density at radius 3 is 2.67 bits per heavy atom. The summed E-state index contributed by atoms with van der Waals surface area (Å²) in [6.45, 7) is 1.55. The van der Waals surface area contributed by atoms with Gasteiger partial charge in [-0.25, -0.2) is 5.01 Å². The second-order valence-corrected chi connectivity index (χ2v) is 5.09. The first-order valence-corrected chi connectivity index (χ1v) is 5.25. The standard InChI is InChI=1S/C4H6N2O4S2/c1-3-5-6(2-7)4(11-3)12(8,9)10/h2,4H,1H3,(H,8,9,10). The van der Waals surface area contributed by atoms with Gasteiger partial charge in [0.2, 0.25) is 11.1 Å². The summed E-state index contributed by atoms with van der Waals surface area (Å²) in [5.74, 6) is 0. The zero-order chi connectivity index (χ0) is 9.35. The van der Waals surface area contributed by atoms with Crippen molar-refractivity contribution < 1.29 is 17.8 Å². The van der Waals surface area contributed by atoms with Gasteiger partial charge in [0.15, 0.2) is 0 Å². The minimum absolute atomic E-state index is 0.252. The first-order valence-electron chi connectivity index (χ1n) is 2.87. The summed E-state index contributed by atoms with van der Waals surface area (Å²) in [5, 5.41) is 4.64. The number of amides is 1. The number of carbonyl (C=O) groups is 1. The third kappa shape index (κ3) is 1.76. The number of hydrogen-bond acceptors (Lipinski definition) is 5. The van der Waals surface area contributed by atoms with Crippen LogP contribution in [0.2, 0.25) is 0 Å². The van der Waals surface area contributed by atoms with Crippen molar-refractivity contribution in [2.45, 2.75) is 11.6 Å². The van der Waals surface area contributed by atoms with E-state index in [1.165, 1.54) is 0 Å². The molecule has 0 saturated heterocycles. The number of rotatable bonds is 2. The highest BCUT2D eigenvalue weighted by atomic mass is 32.3. The smallest absolute Gasteiger partial charge is 0.283 e. The van der Waals surface area contributed by atoms with Crippen LogP contribution < -0.4 is 0 Å². The average Bonchev–Trinajstić information content (AvgIpc) is 2.29. The molecule has 0 aliphatic carbocycles. The molecule has 8 heteroatoms. The van der Waals surface area contributed by atoms with Gasteiger partial charge in [-0.05, 0) is 6.92 Å². The fraction of sp³-hybridized carbons (Fsp3) is 0.500. The fourth-order valence-electron chi connectivity index (χ4n) is 0.704. The van der Waals surface area contributed by atoms with Crippen molar-refractivity contribution in [1.29, 1.82) is 0 Å². The van der Waals surface area contributed by atoms with Crippen molar-refractivity contribution in [2.75, 3.05) is 0 Å². The molecule has 1 rings (SSSR count). The Bertz CT molecular complexity index is 322. The van der Waals surface area contributed by atoms with Gasteiger partial charge in [0.1, 0.15) is 0 Å². The Balaban J connectivity index is 2.92. The lowest BCUT2D eigenvalue weighted by molar-refractivity contribution is -0.117. The molecule has 1 atom stereocenters. The van der Waals surface area contributed by atoms with Gasteiger partial charge in [-0.15, -0.1) is 0 Å². The van der Waals surface area contributed by atoms with Crippen molar-refractivity contribution in [1.82, 2.24) is 5.01 Å². The predicted molar refractivity (Wildman–Crippen MR) is 43.9 cm³/mol. The van der Waals surface area contributed by atoms with Crippen molar-refractivity contribution in [2.24, 2.45) is 5.10 Å². The number of hydrazone groups is 1. The quantitative estimate of drug-likeness (QED) is 0.499. The monoisotopic (exact) mass is 210 g/mol. The highest BCUT2D eigenvalue weighted by Gasteiger charge is 2.35. The SMILES string of the molecule is CC1=NN(C=O)C(S(=O)(=O)O)S1. The van der Waals surface area contributed by atoms with Crippen LogP contribution in [-0.2, 0) is 14.9 Å². The van der Waals surface area contributed by atoms with E-state index in [0.29, 0.717) is 10.1 Å². The largest absolute Gasteiger partial charge is 0.298 e. The number of hydrogen-bond donors (Lipinski definition) is 1. The average molecular weight is 210 g/mol. The molecule has 1 aliphatic heterocycles. The Hall–Kier alpha value is -0.600. The molecule has 0 spiro atoms. The molecular weight excluding hydrogens is 204 g/mol. The molecular formula is C4H6N2O4S2. The molecule has 0 aromatic heterocycles. The normalized spacial score (nSPS) is 24.0. The molecule has 68 valence electrons. The summed E-state index contributed by atoms with van der Waals surface area (Å²) in [7, 11) is -4.25. The van der Waals surface area contributed by atoms with E-state index in [9.17, 15) is 13.2 Å². The minimum Gasteiger partial charge on any atom is -0.283 e. The lowest BCUT2D eigenvalue weighted by Gasteiger charge is -2.11. The van der Waals surface area contributed by atoms with Crippen molar-refractivity contribution >= 4 is 33.3 Å². The fourth-order valence-corrected chi connectivity index (χ4v) is 2.62. The van der Waals surface area contributed by atoms with E-state index in [-0.39, 0.29) is 6.41 Å². The summed E-state index contributed by atoms with van der Waals surface area (Å²) in [6.07, 6.45) is 0.252. The van der Waals surface area contributed by atoms with Gasteiger partial charge in [-0.3, -0.25) is 9.35 Å². The van der Waals surface area contributed by atoms with Crippen molar-refractivity contribution in [3.05, 3.63) is 0 Å². The number of nitrogens with zero attached hydrogens (tertiary/aromatic N) is 2. The van der Waals surface area contributed by atoms with Crippen LogP contribution in [0.1, 0.15) is 6.92 Å². The maximum atomic E-state index is 10.6. The maximum absolute atomic E-state index is 10.6. The molecule has 1 N–H and O–H groups in total. The summed E-state index contributed by atoms with van der Waals surface area (Å²) in [6, 6.07) is 0. The zero-order valence-electron chi connectivity index (χ0n) is 6.04. The van der Waals surface area contributed by atoms with E-state index in [1.807, 2.05) is 0 Å². The Labute approximate surface area is 73.4 Å². The molecule has 1 aliphatic rings. The number of carbonyl (C=O) groups excluding carboxylic acids is 1. The third-order valence-electron chi connectivity index (χ3n) is 1.11. The molecule has 0 aromatic carbocycles. The molecule has 1 heterocycles. The highest BCUT2D eigenvalue weighted by molar-refractivity contribution is 8.22. The van der Waals surface area contributed by atoms with Crippen LogP contribution in [0.4, 0.5) is 0 Å². The molecule has 0 radical (unpaired) electrons. The van der Waals surface area contributed by atoms with Gasteiger partial charge in [-0.2, -0.15) is 13.5 Å². The van der Waals surface area contributed by atoms with Crippen LogP contribution >= 0.6 is 11.8 Å². The Morgan fingerprint density at radius 1 is 1.75 bits per heavy atom. The third-order valence-corrected chi connectivity index (χ3v) is 3.69. The molecule has 0 bridgehead atoms. The highest BCUT2D eigenvalue weighted by Crippen LogP contribution is 2.27. The van der Waals surface area contributed by atoms with E-state index >= 15 is 0 Å². The van der Waals surface area contributed by atoms with Gasteiger partial charge >= 0.3 is 0 Å². The zero-order valence-corrected chi connectivity index (χ0v) is 7.67. The van der Waals surface area contributed by atoms with Crippen molar-refractivity contribution in [3.63, 3.8) is 0 Å². The first-order chi connectivity index (χ1) is 5.45. The Kier molecular flexibility index (Phi) is 2.40. The summed E-state index contributed by atoms with van der Waals surface area (Å²) >= 11 is 0.812. The van der Waals surface area contributed by atoms with Gasteiger partial charge in [-0.1, -0.05) is 11.8 Å². The van der Waals surface area contributed by atoms with Crippen LogP contribution in [0.15, 0.2) is 5.10 Å². The van der Waals surface area contributed by atoms with E-state index in [2.05, 4.69) is 5.10 Å². The van der Waals surface area contributed by atoms with Crippen LogP contribution in [0, 0.1) is 0 Å². The van der Waals surface area contributed by atoms with Crippen LogP contribution in [0.25, 0.3) is 0 Å². The van der Waals surface area contributed by atoms with Gasteiger partial charge in [0.05, 0.1) is 5.04 Å². The summed E-state index contributed by atoms with van der Waals surface area (Å²) in [4.78, 5) is 10.2. The molecule has 1 amide bonds. The van der Waals surface area contributed by atoms with Gasteiger partial charge < -0.3 is 0 Å². The molecule has 0 saturated carbocycles. The van der Waals surface area contributed by atoms with Crippen LogP contribution in [-0.4, -0.2) is 34.1 Å². The lowest BCUT2D eigenvalue weighted by atomic mass is 10.9. The number of thioether (sulfide) groups is 1. The summed E-state index contributed by atoms with van der Waals surface area (Å²) < 4.78 is 28.5. The second kappa shape index (κ2) is 3.04. The molecule has 0 aromatic rings. The van der Waals surface area contributed by atoms with Crippen molar-refractivity contribution in [3.8, 4) is 0 Å². The van der Waals surface area contributed by atoms with E-state index in [1.54, 1.807) is 6.92 Å². The van der Waals surface area contributed by atoms with E-state index in [0.717, 1.165) is 11.8 Å².